The lowest BCUT2D eigenvalue weighted by Crippen LogP contribution is -1.85. The first-order chi connectivity index (χ1) is 8.45. The van der Waals surface area contributed by atoms with Gasteiger partial charge in [0.15, 0.2) is 0 Å². The van der Waals surface area contributed by atoms with Gasteiger partial charge in [0, 0.05) is 0 Å². The Morgan fingerprint density at radius 3 is 1.59 bits per heavy atom. The van der Waals surface area contributed by atoms with Crippen molar-refractivity contribution in [3.63, 3.8) is 0 Å². The molecule has 0 atom stereocenters. The maximum Gasteiger partial charge on any atom is -0.0242 e. The lowest BCUT2D eigenvalue weighted by Gasteiger charge is -2.13. The molecule has 2 aliphatic carbocycles. The van der Waals surface area contributed by atoms with Gasteiger partial charge in [-0.2, -0.15) is 0 Å². The SMILES string of the molecule is C1=CCCC(PC2=CCCC=CCC2)=CCC1. The van der Waals surface area contributed by atoms with Crippen LogP contribution >= 0.6 is 8.58 Å². The van der Waals surface area contributed by atoms with Crippen LogP contribution in [0.25, 0.3) is 0 Å². The molecule has 0 saturated carbocycles. The first-order valence-corrected chi connectivity index (χ1v) is 7.90. The van der Waals surface area contributed by atoms with Crippen molar-refractivity contribution in [2.45, 2.75) is 51.4 Å². The van der Waals surface area contributed by atoms with Gasteiger partial charge in [0.05, 0.1) is 0 Å². The smallest absolute Gasteiger partial charge is 0.0242 e. The normalized spacial score (nSPS) is 22.6. The highest BCUT2D eigenvalue weighted by Crippen LogP contribution is 2.40. The van der Waals surface area contributed by atoms with Crippen LogP contribution in [0.3, 0.4) is 0 Å². The Morgan fingerprint density at radius 2 is 1.06 bits per heavy atom. The predicted octanol–water partition coefficient (Wildman–Crippen LogP) is 5.69. The fourth-order valence-corrected chi connectivity index (χ4v) is 3.74. The van der Waals surface area contributed by atoms with E-state index in [0.29, 0.717) is 0 Å². The summed E-state index contributed by atoms with van der Waals surface area (Å²) in [7, 11) is 0.970. The maximum atomic E-state index is 2.50. The highest BCUT2D eigenvalue weighted by molar-refractivity contribution is 7.47. The predicted molar refractivity (Wildman–Crippen MR) is 79.7 cm³/mol. The second kappa shape index (κ2) is 7.67. The van der Waals surface area contributed by atoms with E-state index in [-0.39, 0.29) is 0 Å². The van der Waals surface area contributed by atoms with Crippen molar-refractivity contribution in [3.8, 4) is 0 Å². The molecule has 1 heteroatoms. The first kappa shape index (κ1) is 12.8. The topological polar surface area (TPSA) is 0 Å². The summed E-state index contributed by atoms with van der Waals surface area (Å²) in [6.07, 6.45) is 24.4. The molecule has 0 spiro atoms. The van der Waals surface area contributed by atoms with Crippen LogP contribution in [0, 0.1) is 0 Å². The number of rotatable bonds is 2. The van der Waals surface area contributed by atoms with Crippen LogP contribution in [0.2, 0.25) is 0 Å². The molecule has 2 aliphatic rings. The molecule has 0 amide bonds. The van der Waals surface area contributed by atoms with Crippen molar-refractivity contribution < 1.29 is 0 Å². The molecule has 0 aromatic heterocycles. The van der Waals surface area contributed by atoms with Crippen LogP contribution in [0.15, 0.2) is 47.1 Å². The van der Waals surface area contributed by atoms with E-state index in [4.69, 9.17) is 0 Å². The molecule has 0 radical (unpaired) electrons. The van der Waals surface area contributed by atoms with Crippen molar-refractivity contribution in [2.75, 3.05) is 0 Å². The first-order valence-electron chi connectivity index (χ1n) is 6.90. The zero-order valence-electron chi connectivity index (χ0n) is 10.6. The molecule has 0 bridgehead atoms. The van der Waals surface area contributed by atoms with Gasteiger partial charge in [0.2, 0.25) is 0 Å². The Kier molecular flexibility index (Phi) is 5.79. The zero-order chi connectivity index (χ0) is 11.8. The number of hydrogen-bond donors (Lipinski definition) is 0. The summed E-state index contributed by atoms with van der Waals surface area (Å²) in [6.45, 7) is 0. The van der Waals surface area contributed by atoms with Crippen LogP contribution in [-0.4, -0.2) is 0 Å². The molecule has 17 heavy (non-hydrogen) atoms. The van der Waals surface area contributed by atoms with Gasteiger partial charge in [0.25, 0.3) is 0 Å². The Labute approximate surface area is 107 Å². The molecule has 92 valence electrons. The molecule has 0 heterocycles. The highest BCUT2D eigenvalue weighted by Gasteiger charge is 2.04. The molecule has 0 N–H and O–H groups in total. The highest BCUT2D eigenvalue weighted by atomic mass is 31.1. The molecule has 0 saturated heterocycles. The summed E-state index contributed by atoms with van der Waals surface area (Å²) in [4.78, 5) is 0. The van der Waals surface area contributed by atoms with Gasteiger partial charge in [-0.15, -0.1) is 0 Å². The summed E-state index contributed by atoms with van der Waals surface area (Å²) in [6, 6.07) is 0. The third-order valence-corrected chi connectivity index (χ3v) is 4.81. The van der Waals surface area contributed by atoms with Crippen molar-refractivity contribution in [1.82, 2.24) is 0 Å². The van der Waals surface area contributed by atoms with Crippen molar-refractivity contribution in [3.05, 3.63) is 47.1 Å². The monoisotopic (exact) mass is 246 g/mol. The summed E-state index contributed by atoms with van der Waals surface area (Å²) >= 11 is 0. The Morgan fingerprint density at radius 1 is 0.588 bits per heavy atom. The quantitative estimate of drug-likeness (QED) is 0.433. The van der Waals surface area contributed by atoms with Gasteiger partial charge in [-0.05, 0) is 62.0 Å². The minimum absolute atomic E-state index is 0.970. The van der Waals surface area contributed by atoms with Crippen molar-refractivity contribution >= 4 is 8.58 Å². The third kappa shape index (κ3) is 5.04. The van der Waals surface area contributed by atoms with E-state index in [2.05, 4.69) is 36.5 Å². The van der Waals surface area contributed by atoms with Crippen molar-refractivity contribution in [1.29, 1.82) is 0 Å². The Hall–Kier alpha value is -0.610. The van der Waals surface area contributed by atoms with E-state index < -0.39 is 0 Å². The van der Waals surface area contributed by atoms with Gasteiger partial charge in [-0.25, -0.2) is 0 Å². The van der Waals surface area contributed by atoms with E-state index in [0.717, 1.165) is 8.58 Å². The fraction of sp³-hybridized carbons (Fsp3) is 0.500. The summed E-state index contributed by atoms with van der Waals surface area (Å²) in [5, 5.41) is 3.40. The number of hydrogen-bond acceptors (Lipinski definition) is 0. The molecule has 0 aromatic rings. The molecule has 2 rings (SSSR count). The molecule has 0 unspecified atom stereocenters. The van der Waals surface area contributed by atoms with Crippen LogP contribution in [0.5, 0.6) is 0 Å². The second-order valence-corrected chi connectivity index (χ2v) is 6.29. The van der Waals surface area contributed by atoms with Gasteiger partial charge < -0.3 is 0 Å². The Balaban J connectivity index is 1.89. The largest absolute Gasteiger partial charge is 0.0882 e. The van der Waals surface area contributed by atoms with E-state index in [1.165, 1.54) is 51.4 Å². The summed E-state index contributed by atoms with van der Waals surface area (Å²) < 4.78 is 0. The number of allylic oxidation sites excluding steroid dienone is 8. The van der Waals surface area contributed by atoms with Crippen LogP contribution in [0.1, 0.15) is 51.4 Å². The van der Waals surface area contributed by atoms with E-state index in [1.54, 1.807) is 10.6 Å². The molecule has 0 fully saturated rings. The van der Waals surface area contributed by atoms with Crippen LogP contribution < -0.4 is 0 Å². The van der Waals surface area contributed by atoms with E-state index >= 15 is 0 Å². The van der Waals surface area contributed by atoms with Gasteiger partial charge >= 0.3 is 0 Å². The van der Waals surface area contributed by atoms with E-state index in [1.807, 2.05) is 0 Å². The minimum atomic E-state index is 0.970. The molecular formula is C16H23P. The van der Waals surface area contributed by atoms with Crippen molar-refractivity contribution in [2.24, 2.45) is 0 Å². The molecule has 0 aromatic carbocycles. The third-order valence-electron chi connectivity index (χ3n) is 3.26. The van der Waals surface area contributed by atoms with E-state index in [9.17, 15) is 0 Å². The van der Waals surface area contributed by atoms with Gasteiger partial charge in [0.1, 0.15) is 0 Å². The lowest BCUT2D eigenvalue weighted by molar-refractivity contribution is 0.939. The fourth-order valence-electron chi connectivity index (χ4n) is 2.29. The second-order valence-electron chi connectivity index (χ2n) is 4.76. The Bertz CT molecular complexity index is 311. The average molecular weight is 246 g/mol. The van der Waals surface area contributed by atoms with Gasteiger partial charge in [-0.1, -0.05) is 45.0 Å². The summed E-state index contributed by atoms with van der Waals surface area (Å²) in [5.41, 5.74) is 0. The maximum absolute atomic E-state index is 2.50. The van der Waals surface area contributed by atoms with Crippen LogP contribution in [-0.2, 0) is 0 Å². The zero-order valence-corrected chi connectivity index (χ0v) is 11.6. The summed E-state index contributed by atoms with van der Waals surface area (Å²) in [5.74, 6) is 0. The standard InChI is InChI=1S/C16H23P/c1-3-7-11-15(12-8-4-1)17-16-13-9-5-2-6-10-14-16/h1-3,5,12,14,17H,4,6-11,13H2. The molecular weight excluding hydrogens is 223 g/mol. The van der Waals surface area contributed by atoms with Gasteiger partial charge in [-0.3, -0.25) is 0 Å². The van der Waals surface area contributed by atoms with Crippen LogP contribution in [0.4, 0.5) is 0 Å². The lowest BCUT2D eigenvalue weighted by atomic mass is 10.1. The molecule has 0 nitrogen and oxygen atoms in total. The minimum Gasteiger partial charge on any atom is -0.0882 e. The average Bonchev–Trinajstić information content (AvgIpc) is 2.24. The molecule has 0 aliphatic heterocycles.